The quantitative estimate of drug-likeness (QED) is 0.615. The molecule has 0 radical (unpaired) electrons. The molecule has 2 aliphatic rings. The van der Waals surface area contributed by atoms with Gasteiger partial charge in [-0.25, -0.2) is 0 Å². The zero-order chi connectivity index (χ0) is 19.1. The molecule has 1 atom stereocenters. The Bertz CT molecular complexity index is 593. The van der Waals surface area contributed by atoms with Crippen LogP contribution in [0.2, 0.25) is 0 Å². The van der Waals surface area contributed by atoms with Crippen LogP contribution >= 0.6 is 0 Å². The summed E-state index contributed by atoms with van der Waals surface area (Å²) in [4.78, 5) is 9.84. The number of benzene rings is 1. The fourth-order valence-corrected chi connectivity index (χ4v) is 4.23. The van der Waals surface area contributed by atoms with Gasteiger partial charge in [-0.2, -0.15) is 0 Å². The van der Waals surface area contributed by atoms with Crippen LogP contribution in [-0.2, 0) is 0 Å². The van der Waals surface area contributed by atoms with Crippen LogP contribution in [0.5, 0.6) is 5.75 Å². The zero-order valence-electron chi connectivity index (χ0n) is 17.3. The highest BCUT2D eigenvalue weighted by Crippen LogP contribution is 2.28. The number of nitrogens with zero attached hydrogens (tertiary/aromatic N) is 3. The van der Waals surface area contributed by atoms with E-state index in [1.54, 1.807) is 7.11 Å². The SMILES string of the molecule is CCNC(=NCCC1CCN(C)CC1)N1CCC(c2ccc(OC)cc2)C1. The molecule has 3 rings (SSSR count). The smallest absolute Gasteiger partial charge is 0.193 e. The molecule has 0 bridgehead atoms. The second-order valence-electron chi connectivity index (χ2n) is 7.98. The summed E-state index contributed by atoms with van der Waals surface area (Å²) in [6, 6.07) is 8.55. The highest BCUT2D eigenvalue weighted by atomic mass is 16.5. The number of piperidine rings is 1. The molecule has 2 saturated heterocycles. The molecular weight excluding hydrogens is 336 g/mol. The molecule has 0 saturated carbocycles. The van der Waals surface area contributed by atoms with Crippen LogP contribution in [0.1, 0.15) is 44.1 Å². The van der Waals surface area contributed by atoms with Gasteiger partial charge in [0.15, 0.2) is 5.96 Å². The molecule has 1 aromatic rings. The van der Waals surface area contributed by atoms with E-state index in [2.05, 4.69) is 53.4 Å². The van der Waals surface area contributed by atoms with Gasteiger partial charge < -0.3 is 19.9 Å². The Labute approximate surface area is 164 Å². The molecule has 2 fully saturated rings. The summed E-state index contributed by atoms with van der Waals surface area (Å²) < 4.78 is 5.28. The number of guanidine groups is 1. The van der Waals surface area contributed by atoms with Gasteiger partial charge in [-0.1, -0.05) is 12.1 Å². The monoisotopic (exact) mass is 372 g/mol. The van der Waals surface area contributed by atoms with E-state index in [1.807, 2.05) is 0 Å². The highest BCUT2D eigenvalue weighted by molar-refractivity contribution is 5.80. The maximum atomic E-state index is 5.28. The zero-order valence-corrected chi connectivity index (χ0v) is 17.3. The third kappa shape index (κ3) is 5.61. The lowest BCUT2D eigenvalue weighted by molar-refractivity contribution is 0.214. The lowest BCUT2D eigenvalue weighted by atomic mass is 9.94. The minimum atomic E-state index is 0.577. The van der Waals surface area contributed by atoms with E-state index in [4.69, 9.17) is 9.73 Å². The first-order valence-corrected chi connectivity index (χ1v) is 10.5. The summed E-state index contributed by atoms with van der Waals surface area (Å²) >= 11 is 0. The largest absolute Gasteiger partial charge is 0.497 e. The molecule has 1 aromatic carbocycles. The van der Waals surface area contributed by atoms with Gasteiger partial charge in [-0.05, 0) is 76.4 Å². The van der Waals surface area contributed by atoms with Crippen LogP contribution in [0.3, 0.4) is 0 Å². The number of hydrogen-bond acceptors (Lipinski definition) is 3. The van der Waals surface area contributed by atoms with E-state index < -0.39 is 0 Å². The maximum Gasteiger partial charge on any atom is 0.193 e. The van der Waals surface area contributed by atoms with Crippen molar-refractivity contribution < 1.29 is 4.74 Å². The number of hydrogen-bond donors (Lipinski definition) is 1. The average molecular weight is 373 g/mol. The predicted octanol–water partition coefficient (Wildman–Crippen LogP) is 3.18. The topological polar surface area (TPSA) is 40.1 Å². The number of methoxy groups -OCH3 is 1. The van der Waals surface area contributed by atoms with Crippen molar-refractivity contribution in [3.8, 4) is 5.75 Å². The summed E-state index contributed by atoms with van der Waals surface area (Å²) in [6.45, 7) is 8.64. The van der Waals surface area contributed by atoms with Gasteiger partial charge in [0.05, 0.1) is 7.11 Å². The molecule has 27 heavy (non-hydrogen) atoms. The molecular formula is C22H36N4O. The molecule has 0 amide bonds. The second kappa shape index (κ2) is 9.98. The lowest BCUT2D eigenvalue weighted by Crippen LogP contribution is -2.40. The van der Waals surface area contributed by atoms with Gasteiger partial charge in [0, 0.05) is 32.1 Å². The van der Waals surface area contributed by atoms with Crippen molar-refractivity contribution in [2.75, 3.05) is 53.4 Å². The molecule has 5 nitrogen and oxygen atoms in total. The molecule has 2 heterocycles. The molecule has 1 N–H and O–H groups in total. The Hall–Kier alpha value is -1.75. The van der Waals surface area contributed by atoms with Crippen molar-refractivity contribution in [3.05, 3.63) is 29.8 Å². The summed E-state index contributed by atoms with van der Waals surface area (Å²) in [5.74, 6) is 3.45. The Morgan fingerprint density at radius 3 is 2.56 bits per heavy atom. The Balaban J connectivity index is 1.53. The number of rotatable bonds is 6. The minimum Gasteiger partial charge on any atom is -0.497 e. The molecule has 150 valence electrons. The molecule has 0 spiro atoms. The maximum absolute atomic E-state index is 5.28. The van der Waals surface area contributed by atoms with Crippen molar-refractivity contribution in [2.24, 2.45) is 10.9 Å². The van der Waals surface area contributed by atoms with E-state index in [1.165, 1.54) is 44.3 Å². The average Bonchev–Trinajstić information content (AvgIpc) is 3.19. The standard InChI is InChI=1S/C22H36N4O/c1-4-23-22(24-13-9-18-10-14-25(2)15-11-18)26-16-12-20(17-26)19-5-7-21(27-3)8-6-19/h5-8,18,20H,4,9-17H2,1-3H3,(H,23,24). The van der Waals surface area contributed by atoms with E-state index in [0.717, 1.165) is 43.8 Å². The summed E-state index contributed by atoms with van der Waals surface area (Å²) in [7, 11) is 3.95. The van der Waals surface area contributed by atoms with Crippen molar-refractivity contribution in [3.63, 3.8) is 0 Å². The van der Waals surface area contributed by atoms with Crippen molar-refractivity contribution in [1.82, 2.24) is 15.1 Å². The predicted molar refractivity (Wildman–Crippen MR) is 113 cm³/mol. The third-order valence-corrected chi connectivity index (χ3v) is 6.05. The Morgan fingerprint density at radius 1 is 1.15 bits per heavy atom. The second-order valence-corrected chi connectivity index (χ2v) is 7.98. The highest BCUT2D eigenvalue weighted by Gasteiger charge is 2.26. The number of likely N-dealkylation sites (tertiary alicyclic amines) is 2. The molecule has 0 aromatic heterocycles. The fourth-order valence-electron chi connectivity index (χ4n) is 4.23. The van der Waals surface area contributed by atoms with Crippen LogP contribution < -0.4 is 10.1 Å². The fraction of sp³-hybridized carbons (Fsp3) is 0.682. The summed E-state index contributed by atoms with van der Waals surface area (Å²) in [5, 5.41) is 3.51. The Morgan fingerprint density at radius 2 is 1.89 bits per heavy atom. The first-order valence-electron chi connectivity index (χ1n) is 10.5. The van der Waals surface area contributed by atoms with Crippen LogP contribution in [0, 0.1) is 5.92 Å². The van der Waals surface area contributed by atoms with Gasteiger partial charge in [0.25, 0.3) is 0 Å². The number of ether oxygens (including phenoxy) is 1. The van der Waals surface area contributed by atoms with E-state index in [9.17, 15) is 0 Å². The van der Waals surface area contributed by atoms with Gasteiger partial charge in [0.1, 0.15) is 5.75 Å². The normalized spacial score (nSPS) is 22.3. The first-order chi connectivity index (χ1) is 13.2. The van der Waals surface area contributed by atoms with Crippen molar-refractivity contribution in [1.29, 1.82) is 0 Å². The van der Waals surface area contributed by atoms with Gasteiger partial charge in [-0.3, -0.25) is 4.99 Å². The van der Waals surface area contributed by atoms with Crippen LogP contribution in [-0.4, -0.2) is 69.2 Å². The summed E-state index contributed by atoms with van der Waals surface area (Å²) in [6.07, 6.45) is 5.06. The molecule has 1 unspecified atom stereocenters. The molecule has 2 aliphatic heterocycles. The van der Waals surface area contributed by atoms with Crippen LogP contribution in [0.15, 0.2) is 29.3 Å². The van der Waals surface area contributed by atoms with Crippen molar-refractivity contribution in [2.45, 2.75) is 38.5 Å². The molecule has 5 heteroatoms. The van der Waals surface area contributed by atoms with E-state index in [0.29, 0.717) is 5.92 Å². The molecule has 0 aliphatic carbocycles. The van der Waals surface area contributed by atoms with Crippen LogP contribution in [0.25, 0.3) is 0 Å². The van der Waals surface area contributed by atoms with E-state index in [-0.39, 0.29) is 0 Å². The van der Waals surface area contributed by atoms with Gasteiger partial charge >= 0.3 is 0 Å². The third-order valence-electron chi connectivity index (χ3n) is 6.05. The van der Waals surface area contributed by atoms with Gasteiger partial charge in [0.2, 0.25) is 0 Å². The number of aliphatic imine (C=N–C) groups is 1. The van der Waals surface area contributed by atoms with Gasteiger partial charge in [-0.15, -0.1) is 0 Å². The Kier molecular flexibility index (Phi) is 7.39. The van der Waals surface area contributed by atoms with Crippen molar-refractivity contribution >= 4 is 5.96 Å². The minimum absolute atomic E-state index is 0.577. The number of nitrogens with one attached hydrogen (secondary N) is 1. The first kappa shape index (κ1) is 20.0. The van der Waals surface area contributed by atoms with E-state index >= 15 is 0 Å². The lowest BCUT2D eigenvalue weighted by Gasteiger charge is -2.28. The van der Waals surface area contributed by atoms with Crippen LogP contribution in [0.4, 0.5) is 0 Å². The summed E-state index contributed by atoms with van der Waals surface area (Å²) in [5.41, 5.74) is 1.40.